The van der Waals surface area contributed by atoms with Crippen LogP contribution in [0.15, 0.2) is 24.3 Å². The highest BCUT2D eigenvalue weighted by Crippen LogP contribution is 2.28. The molecule has 0 atom stereocenters. The largest absolute Gasteiger partial charge is 0.478 e. The van der Waals surface area contributed by atoms with Crippen LogP contribution in [0.4, 0.5) is 4.39 Å². The molecule has 1 fully saturated rings. The van der Waals surface area contributed by atoms with Crippen molar-refractivity contribution >= 4 is 12.0 Å². The van der Waals surface area contributed by atoms with Crippen LogP contribution < -0.4 is 0 Å². The van der Waals surface area contributed by atoms with E-state index in [1.165, 1.54) is 25.0 Å². The van der Waals surface area contributed by atoms with E-state index in [9.17, 15) is 9.18 Å². The molecule has 3 nitrogen and oxygen atoms in total. The van der Waals surface area contributed by atoms with Crippen LogP contribution in [0.25, 0.3) is 6.08 Å². The number of nitrogens with zero attached hydrogens (tertiary/aromatic N) is 1. The van der Waals surface area contributed by atoms with E-state index in [2.05, 4.69) is 11.8 Å². The monoisotopic (exact) mass is 263 g/mol. The number of hydrogen-bond acceptors (Lipinski definition) is 2. The molecule has 0 aliphatic heterocycles. The molecule has 0 saturated heterocycles. The highest BCUT2D eigenvalue weighted by molar-refractivity contribution is 5.85. The summed E-state index contributed by atoms with van der Waals surface area (Å²) in [7, 11) is 0. The zero-order valence-corrected chi connectivity index (χ0v) is 11.0. The first-order chi connectivity index (χ1) is 9.10. The molecule has 102 valence electrons. The van der Waals surface area contributed by atoms with Gasteiger partial charge in [-0.05, 0) is 37.1 Å². The fourth-order valence-electron chi connectivity index (χ4n) is 2.12. The maximum absolute atomic E-state index is 13.9. The highest BCUT2D eigenvalue weighted by atomic mass is 19.1. The van der Waals surface area contributed by atoms with Crippen molar-refractivity contribution in [3.05, 3.63) is 41.2 Å². The van der Waals surface area contributed by atoms with Crippen molar-refractivity contribution in [2.24, 2.45) is 0 Å². The average Bonchev–Trinajstić information content (AvgIpc) is 3.19. The molecule has 1 aliphatic rings. The van der Waals surface area contributed by atoms with Gasteiger partial charge in [0.2, 0.25) is 0 Å². The second-order valence-electron chi connectivity index (χ2n) is 4.82. The van der Waals surface area contributed by atoms with E-state index in [0.29, 0.717) is 23.7 Å². The minimum absolute atomic E-state index is 0.272. The van der Waals surface area contributed by atoms with E-state index in [0.717, 1.165) is 12.6 Å². The Morgan fingerprint density at radius 1 is 1.53 bits per heavy atom. The molecule has 1 aliphatic carbocycles. The highest BCUT2D eigenvalue weighted by Gasteiger charge is 2.28. The number of carboxylic acids is 1. The number of aliphatic carboxylic acids is 1. The van der Waals surface area contributed by atoms with Gasteiger partial charge in [-0.3, -0.25) is 4.90 Å². The van der Waals surface area contributed by atoms with Crippen molar-refractivity contribution in [1.29, 1.82) is 0 Å². The molecule has 2 rings (SSSR count). The third kappa shape index (κ3) is 3.89. The fraction of sp³-hybridized carbons (Fsp3) is 0.400. The van der Waals surface area contributed by atoms with Crippen molar-refractivity contribution in [2.45, 2.75) is 32.4 Å². The van der Waals surface area contributed by atoms with Crippen LogP contribution >= 0.6 is 0 Å². The molecule has 1 saturated carbocycles. The lowest BCUT2D eigenvalue weighted by atomic mass is 10.1. The van der Waals surface area contributed by atoms with E-state index in [4.69, 9.17) is 5.11 Å². The smallest absolute Gasteiger partial charge is 0.328 e. The Hall–Kier alpha value is -1.68. The Balaban J connectivity index is 2.07. The van der Waals surface area contributed by atoms with Gasteiger partial charge in [0.15, 0.2) is 0 Å². The first-order valence-corrected chi connectivity index (χ1v) is 6.53. The standard InChI is InChI=1S/C15H18FNO2/c1-2-17(13-6-7-13)10-12-5-3-11(9-14(12)16)4-8-15(18)19/h3-5,8-9,13H,2,6-7,10H2,1H3,(H,18,19). The Morgan fingerprint density at radius 3 is 2.79 bits per heavy atom. The summed E-state index contributed by atoms with van der Waals surface area (Å²) in [5, 5.41) is 8.53. The molecule has 1 N–H and O–H groups in total. The Morgan fingerprint density at radius 2 is 2.26 bits per heavy atom. The number of carbonyl (C=O) groups is 1. The van der Waals surface area contributed by atoms with Crippen LogP contribution in [0.1, 0.15) is 30.9 Å². The normalized spacial score (nSPS) is 15.3. The maximum atomic E-state index is 13.9. The second-order valence-corrected chi connectivity index (χ2v) is 4.82. The van der Waals surface area contributed by atoms with Gasteiger partial charge in [-0.25, -0.2) is 9.18 Å². The van der Waals surface area contributed by atoms with E-state index in [1.54, 1.807) is 12.1 Å². The number of hydrogen-bond donors (Lipinski definition) is 1. The van der Waals surface area contributed by atoms with E-state index < -0.39 is 5.97 Å². The quantitative estimate of drug-likeness (QED) is 0.802. The third-order valence-corrected chi connectivity index (χ3v) is 3.34. The molecular weight excluding hydrogens is 245 g/mol. The third-order valence-electron chi connectivity index (χ3n) is 3.34. The van der Waals surface area contributed by atoms with Crippen molar-refractivity contribution in [3.8, 4) is 0 Å². The lowest BCUT2D eigenvalue weighted by Gasteiger charge is -2.20. The SMILES string of the molecule is CCN(Cc1ccc(C=CC(=O)O)cc1F)C1CC1. The lowest BCUT2D eigenvalue weighted by molar-refractivity contribution is -0.131. The molecule has 19 heavy (non-hydrogen) atoms. The van der Waals surface area contributed by atoms with Gasteiger partial charge in [-0.1, -0.05) is 19.1 Å². The molecule has 0 spiro atoms. The van der Waals surface area contributed by atoms with Crippen molar-refractivity contribution in [1.82, 2.24) is 4.90 Å². The van der Waals surface area contributed by atoms with Crippen molar-refractivity contribution in [2.75, 3.05) is 6.54 Å². The molecule has 0 bridgehead atoms. The van der Waals surface area contributed by atoms with E-state index >= 15 is 0 Å². The van der Waals surface area contributed by atoms with Gasteiger partial charge in [0.05, 0.1) is 0 Å². The predicted octanol–water partition coefficient (Wildman–Crippen LogP) is 2.91. The van der Waals surface area contributed by atoms with E-state index in [1.807, 2.05) is 0 Å². The minimum atomic E-state index is -1.03. The summed E-state index contributed by atoms with van der Waals surface area (Å²) in [4.78, 5) is 12.7. The molecule has 4 heteroatoms. The Kier molecular flexibility index (Phi) is 4.32. The predicted molar refractivity (Wildman–Crippen MR) is 72.2 cm³/mol. The summed E-state index contributed by atoms with van der Waals surface area (Å²) in [5.74, 6) is -1.30. The first kappa shape index (κ1) is 13.7. The van der Waals surface area contributed by atoms with E-state index in [-0.39, 0.29) is 5.82 Å². The van der Waals surface area contributed by atoms with Gasteiger partial charge in [-0.15, -0.1) is 0 Å². The Labute approximate surface area is 112 Å². The van der Waals surface area contributed by atoms with Crippen LogP contribution in [0.5, 0.6) is 0 Å². The summed E-state index contributed by atoms with van der Waals surface area (Å²) < 4.78 is 13.9. The summed E-state index contributed by atoms with van der Waals surface area (Å²) in [6.45, 7) is 3.63. The number of rotatable bonds is 6. The zero-order valence-electron chi connectivity index (χ0n) is 11.0. The molecule has 0 heterocycles. The minimum Gasteiger partial charge on any atom is -0.478 e. The van der Waals surface area contributed by atoms with Crippen LogP contribution in [-0.2, 0) is 11.3 Å². The van der Waals surface area contributed by atoms with Crippen LogP contribution in [0.2, 0.25) is 0 Å². The van der Waals surface area contributed by atoms with Gasteiger partial charge in [0.1, 0.15) is 5.82 Å². The van der Waals surface area contributed by atoms with Crippen LogP contribution in [-0.4, -0.2) is 28.6 Å². The van der Waals surface area contributed by atoms with Gasteiger partial charge in [0.25, 0.3) is 0 Å². The summed E-state index contributed by atoms with van der Waals surface area (Å²) in [5.41, 5.74) is 1.24. The summed E-state index contributed by atoms with van der Waals surface area (Å²) >= 11 is 0. The van der Waals surface area contributed by atoms with Gasteiger partial charge in [-0.2, -0.15) is 0 Å². The zero-order chi connectivity index (χ0) is 13.8. The summed E-state index contributed by atoms with van der Waals surface area (Å²) in [6, 6.07) is 5.48. The number of halogens is 1. The molecule has 0 unspecified atom stereocenters. The van der Waals surface area contributed by atoms with Crippen molar-refractivity contribution in [3.63, 3.8) is 0 Å². The number of carboxylic acid groups (broad SMARTS) is 1. The number of benzene rings is 1. The van der Waals surface area contributed by atoms with Crippen LogP contribution in [0, 0.1) is 5.82 Å². The molecule has 0 amide bonds. The molecule has 0 radical (unpaired) electrons. The first-order valence-electron chi connectivity index (χ1n) is 6.53. The van der Waals surface area contributed by atoms with Gasteiger partial charge >= 0.3 is 5.97 Å². The maximum Gasteiger partial charge on any atom is 0.328 e. The second kappa shape index (κ2) is 5.97. The molecule has 1 aromatic rings. The average molecular weight is 263 g/mol. The topological polar surface area (TPSA) is 40.5 Å². The molecular formula is C15H18FNO2. The molecule has 0 aromatic heterocycles. The molecule has 1 aromatic carbocycles. The van der Waals surface area contributed by atoms with Crippen molar-refractivity contribution < 1.29 is 14.3 Å². The summed E-state index contributed by atoms with van der Waals surface area (Å²) in [6.07, 6.45) is 4.81. The fourth-order valence-corrected chi connectivity index (χ4v) is 2.12. The van der Waals surface area contributed by atoms with Crippen LogP contribution in [0.3, 0.4) is 0 Å². The van der Waals surface area contributed by atoms with Gasteiger partial charge < -0.3 is 5.11 Å². The van der Waals surface area contributed by atoms with Gasteiger partial charge in [0, 0.05) is 24.2 Å². The lowest BCUT2D eigenvalue weighted by Crippen LogP contribution is -2.25. The Bertz CT molecular complexity index is 495.